The fourth-order valence-electron chi connectivity index (χ4n) is 1.22. The number of rotatable bonds is 4. The molecule has 0 amide bonds. The molecule has 1 N–H and O–H groups in total. The quantitative estimate of drug-likeness (QED) is 0.717. The number of aryl methyl sites for hydroxylation is 1. The average molecular weight is 180 g/mol. The molecule has 1 aromatic rings. The maximum atomic E-state index is 9.74. The summed E-state index contributed by atoms with van der Waals surface area (Å²) in [5.41, 5.74) is 1.96. The van der Waals surface area contributed by atoms with Crippen LogP contribution < -0.4 is 0 Å². The first-order chi connectivity index (χ1) is 6.11. The lowest BCUT2D eigenvalue weighted by Crippen LogP contribution is -2.03. The molecule has 0 saturated heterocycles. The van der Waals surface area contributed by atoms with Crippen LogP contribution in [0.15, 0.2) is 24.7 Å². The second-order valence-corrected chi connectivity index (χ2v) is 3.44. The first kappa shape index (κ1) is 9.99. The summed E-state index contributed by atoms with van der Waals surface area (Å²) < 4.78 is 1.84. The molecule has 3 heteroatoms. The van der Waals surface area contributed by atoms with Crippen LogP contribution in [0.5, 0.6) is 0 Å². The first-order valence-electron chi connectivity index (χ1n) is 4.40. The molecule has 72 valence electrons. The molecule has 0 fully saturated rings. The topological polar surface area (TPSA) is 38.1 Å². The Bertz CT molecular complexity index is 291. The SMILES string of the molecule is C=C(C)CCC(O)c1cncn1C. The van der Waals surface area contributed by atoms with E-state index in [2.05, 4.69) is 11.6 Å². The van der Waals surface area contributed by atoms with Gasteiger partial charge in [0, 0.05) is 7.05 Å². The molecule has 1 atom stereocenters. The lowest BCUT2D eigenvalue weighted by molar-refractivity contribution is 0.159. The van der Waals surface area contributed by atoms with Crippen molar-refractivity contribution in [2.75, 3.05) is 0 Å². The lowest BCUT2D eigenvalue weighted by Gasteiger charge is -2.10. The number of hydrogen-bond donors (Lipinski definition) is 1. The zero-order chi connectivity index (χ0) is 9.84. The standard InChI is InChI=1S/C10H16N2O/c1-8(2)4-5-10(13)9-6-11-7-12(9)3/h6-7,10,13H,1,4-5H2,2-3H3. The van der Waals surface area contributed by atoms with Crippen LogP contribution in [0.1, 0.15) is 31.6 Å². The highest BCUT2D eigenvalue weighted by atomic mass is 16.3. The molecule has 0 aliphatic rings. The molecule has 1 aromatic heterocycles. The van der Waals surface area contributed by atoms with Crippen LogP contribution in [0.4, 0.5) is 0 Å². The molecule has 13 heavy (non-hydrogen) atoms. The minimum absolute atomic E-state index is 0.427. The van der Waals surface area contributed by atoms with Crippen molar-refractivity contribution in [3.05, 3.63) is 30.4 Å². The number of hydrogen-bond acceptors (Lipinski definition) is 2. The van der Waals surface area contributed by atoms with Crippen LogP contribution in [-0.2, 0) is 7.05 Å². The third-order valence-corrected chi connectivity index (χ3v) is 2.04. The van der Waals surface area contributed by atoms with Crippen molar-refractivity contribution in [2.24, 2.45) is 7.05 Å². The predicted octanol–water partition coefficient (Wildman–Crippen LogP) is 1.81. The van der Waals surface area contributed by atoms with Crippen LogP contribution in [-0.4, -0.2) is 14.7 Å². The van der Waals surface area contributed by atoms with Crippen molar-refractivity contribution in [2.45, 2.75) is 25.9 Å². The monoisotopic (exact) mass is 180 g/mol. The minimum atomic E-state index is -0.427. The molecule has 0 bridgehead atoms. The molecule has 0 spiro atoms. The second kappa shape index (κ2) is 4.23. The Morgan fingerprint density at radius 3 is 2.92 bits per heavy atom. The van der Waals surface area contributed by atoms with E-state index in [1.807, 2.05) is 18.5 Å². The van der Waals surface area contributed by atoms with Gasteiger partial charge in [-0.2, -0.15) is 0 Å². The summed E-state index contributed by atoms with van der Waals surface area (Å²) in [6.07, 6.45) is 4.54. The number of aliphatic hydroxyl groups is 1. The highest BCUT2D eigenvalue weighted by Gasteiger charge is 2.10. The Hall–Kier alpha value is -1.09. The molecule has 3 nitrogen and oxygen atoms in total. The van der Waals surface area contributed by atoms with Gasteiger partial charge in [0.15, 0.2) is 0 Å². The number of aliphatic hydroxyl groups excluding tert-OH is 1. The van der Waals surface area contributed by atoms with Crippen LogP contribution in [0, 0.1) is 0 Å². The highest BCUT2D eigenvalue weighted by molar-refractivity contribution is 5.03. The van der Waals surface area contributed by atoms with Crippen molar-refractivity contribution in [1.29, 1.82) is 0 Å². The van der Waals surface area contributed by atoms with Gasteiger partial charge in [0.2, 0.25) is 0 Å². The van der Waals surface area contributed by atoms with E-state index in [0.29, 0.717) is 0 Å². The maximum absolute atomic E-state index is 9.74. The van der Waals surface area contributed by atoms with E-state index in [1.165, 1.54) is 0 Å². The summed E-state index contributed by atoms with van der Waals surface area (Å²) in [6, 6.07) is 0. The van der Waals surface area contributed by atoms with Gasteiger partial charge >= 0.3 is 0 Å². The Labute approximate surface area is 78.7 Å². The van der Waals surface area contributed by atoms with Gasteiger partial charge in [-0.05, 0) is 19.8 Å². The van der Waals surface area contributed by atoms with Gasteiger partial charge in [0.05, 0.1) is 24.3 Å². The fourth-order valence-corrected chi connectivity index (χ4v) is 1.22. The van der Waals surface area contributed by atoms with Crippen molar-refractivity contribution < 1.29 is 5.11 Å². The highest BCUT2D eigenvalue weighted by Crippen LogP contribution is 2.18. The largest absolute Gasteiger partial charge is 0.387 e. The van der Waals surface area contributed by atoms with Gasteiger partial charge in [-0.25, -0.2) is 4.98 Å². The first-order valence-corrected chi connectivity index (χ1v) is 4.40. The molecule has 0 radical (unpaired) electrons. The molecule has 1 unspecified atom stereocenters. The van der Waals surface area contributed by atoms with Gasteiger partial charge in [-0.15, -0.1) is 6.58 Å². The maximum Gasteiger partial charge on any atom is 0.0958 e. The van der Waals surface area contributed by atoms with Gasteiger partial charge in [0.1, 0.15) is 0 Å². The van der Waals surface area contributed by atoms with Crippen LogP contribution >= 0.6 is 0 Å². The predicted molar refractivity (Wildman–Crippen MR) is 52.2 cm³/mol. The normalized spacial score (nSPS) is 12.8. The summed E-state index contributed by atoms with van der Waals surface area (Å²) in [4.78, 5) is 3.95. The summed E-state index contributed by atoms with van der Waals surface area (Å²) in [6.45, 7) is 5.77. The van der Waals surface area contributed by atoms with E-state index in [1.54, 1.807) is 12.5 Å². The van der Waals surface area contributed by atoms with E-state index < -0.39 is 6.10 Å². The van der Waals surface area contributed by atoms with Crippen molar-refractivity contribution in [1.82, 2.24) is 9.55 Å². The zero-order valence-electron chi connectivity index (χ0n) is 8.20. The van der Waals surface area contributed by atoms with Gasteiger partial charge in [-0.1, -0.05) is 5.57 Å². The number of allylic oxidation sites excluding steroid dienone is 1. The Kier molecular flexibility index (Phi) is 3.25. The van der Waals surface area contributed by atoms with Gasteiger partial charge < -0.3 is 9.67 Å². The molecule has 0 saturated carbocycles. The van der Waals surface area contributed by atoms with Crippen molar-refractivity contribution >= 4 is 0 Å². The summed E-state index contributed by atoms with van der Waals surface area (Å²) in [5, 5.41) is 9.74. The Morgan fingerprint density at radius 2 is 2.46 bits per heavy atom. The van der Waals surface area contributed by atoms with Crippen molar-refractivity contribution in [3.63, 3.8) is 0 Å². The molecule has 0 aromatic carbocycles. The lowest BCUT2D eigenvalue weighted by atomic mass is 10.1. The molecule has 0 aliphatic carbocycles. The summed E-state index contributed by atoms with van der Waals surface area (Å²) >= 11 is 0. The third-order valence-electron chi connectivity index (χ3n) is 2.04. The molecular formula is C10H16N2O. The van der Waals surface area contributed by atoms with E-state index in [9.17, 15) is 5.11 Å². The summed E-state index contributed by atoms with van der Waals surface area (Å²) in [7, 11) is 1.88. The number of aromatic nitrogens is 2. The second-order valence-electron chi connectivity index (χ2n) is 3.44. The third kappa shape index (κ3) is 2.70. The average Bonchev–Trinajstić information content (AvgIpc) is 2.47. The van der Waals surface area contributed by atoms with Gasteiger partial charge in [0.25, 0.3) is 0 Å². The van der Waals surface area contributed by atoms with E-state index in [-0.39, 0.29) is 0 Å². The fraction of sp³-hybridized carbons (Fsp3) is 0.500. The zero-order valence-corrected chi connectivity index (χ0v) is 8.20. The van der Waals surface area contributed by atoms with Gasteiger partial charge in [-0.3, -0.25) is 0 Å². The number of imidazole rings is 1. The molecule has 0 aliphatic heterocycles. The molecule has 1 rings (SSSR count). The number of nitrogens with zero attached hydrogens (tertiary/aromatic N) is 2. The van der Waals surface area contributed by atoms with E-state index in [0.717, 1.165) is 24.1 Å². The Balaban J connectivity index is 2.53. The van der Waals surface area contributed by atoms with Crippen LogP contribution in [0.3, 0.4) is 0 Å². The Morgan fingerprint density at radius 1 is 1.77 bits per heavy atom. The molecular weight excluding hydrogens is 164 g/mol. The van der Waals surface area contributed by atoms with Crippen LogP contribution in [0.25, 0.3) is 0 Å². The smallest absolute Gasteiger partial charge is 0.0958 e. The van der Waals surface area contributed by atoms with Crippen molar-refractivity contribution in [3.8, 4) is 0 Å². The van der Waals surface area contributed by atoms with Crippen LogP contribution in [0.2, 0.25) is 0 Å². The minimum Gasteiger partial charge on any atom is -0.387 e. The summed E-state index contributed by atoms with van der Waals surface area (Å²) in [5.74, 6) is 0. The molecule has 1 heterocycles. The van der Waals surface area contributed by atoms with E-state index in [4.69, 9.17) is 0 Å². The van der Waals surface area contributed by atoms with E-state index >= 15 is 0 Å².